The van der Waals surface area contributed by atoms with Crippen LogP contribution in [-0.4, -0.2) is 16.1 Å². The molecule has 0 amide bonds. The third kappa shape index (κ3) is 2.42. The molecule has 1 heterocycles. The molecule has 0 fully saturated rings. The highest BCUT2D eigenvalue weighted by molar-refractivity contribution is 5.78. The van der Waals surface area contributed by atoms with E-state index < -0.39 is 11.4 Å². The molecule has 1 aromatic carbocycles. The van der Waals surface area contributed by atoms with E-state index >= 15 is 0 Å². The lowest BCUT2D eigenvalue weighted by Crippen LogP contribution is -2.35. The van der Waals surface area contributed by atoms with E-state index in [1.807, 2.05) is 39.8 Å². The third-order valence-corrected chi connectivity index (χ3v) is 4.15. The summed E-state index contributed by atoms with van der Waals surface area (Å²) in [7, 11) is 0. The van der Waals surface area contributed by atoms with Crippen molar-refractivity contribution in [2.24, 2.45) is 11.3 Å². The molecule has 0 aliphatic rings. The molecule has 0 spiro atoms. The van der Waals surface area contributed by atoms with Gasteiger partial charge in [0.15, 0.2) is 11.5 Å². The van der Waals surface area contributed by atoms with Crippen LogP contribution >= 0.6 is 0 Å². The zero-order chi connectivity index (χ0) is 15.1. The van der Waals surface area contributed by atoms with Crippen LogP contribution in [0.4, 0.5) is 0 Å². The van der Waals surface area contributed by atoms with Gasteiger partial charge in [-0.1, -0.05) is 19.9 Å². The number of carboxylic acids is 1. The standard InChI is InChI=1S/C16H21NO3/c1-9(2)16(5,15(18)19)8-13-17-12-7-10(3)6-11(4)14(12)20-13/h6-7,9H,8H2,1-5H3,(H,18,19). The van der Waals surface area contributed by atoms with Crippen molar-refractivity contribution in [2.45, 2.75) is 41.0 Å². The van der Waals surface area contributed by atoms with Crippen molar-refractivity contribution in [2.75, 3.05) is 0 Å². The van der Waals surface area contributed by atoms with E-state index in [2.05, 4.69) is 4.98 Å². The number of aliphatic carboxylic acids is 1. The van der Waals surface area contributed by atoms with E-state index in [-0.39, 0.29) is 5.92 Å². The maximum Gasteiger partial charge on any atom is 0.310 e. The minimum Gasteiger partial charge on any atom is -0.481 e. The first-order valence-electron chi connectivity index (χ1n) is 6.84. The number of hydrogen-bond donors (Lipinski definition) is 1. The van der Waals surface area contributed by atoms with Crippen molar-refractivity contribution in [3.8, 4) is 0 Å². The predicted octanol–water partition coefficient (Wildman–Crippen LogP) is 3.73. The number of benzene rings is 1. The van der Waals surface area contributed by atoms with Gasteiger partial charge in [0.05, 0.1) is 5.41 Å². The Morgan fingerprint density at radius 2 is 2.05 bits per heavy atom. The maximum atomic E-state index is 11.5. The number of oxazole rings is 1. The summed E-state index contributed by atoms with van der Waals surface area (Å²) in [5.41, 5.74) is 2.83. The van der Waals surface area contributed by atoms with Crippen LogP contribution in [0.3, 0.4) is 0 Å². The Hall–Kier alpha value is -1.84. The molecule has 1 unspecified atom stereocenters. The van der Waals surface area contributed by atoms with E-state index in [4.69, 9.17) is 4.42 Å². The first-order chi connectivity index (χ1) is 9.24. The summed E-state index contributed by atoms with van der Waals surface area (Å²) < 4.78 is 5.78. The van der Waals surface area contributed by atoms with Gasteiger partial charge in [0, 0.05) is 6.42 Å². The minimum absolute atomic E-state index is 0.00200. The van der Waals surface area contributed by atoms with Gasteiger partial charge in [0.1, 0.15) is 5.52 Å². The van der Waals surface area contributed by atoms with Gasteiger partial charge in [-0.3, -0.25) is 4.79 Å². The number of carbonyl (C=O) groups is 1. The van der Waals surface area contributed by atoms with Crippen molar-refractivity contribution < 1.29 is 14.3 Å². The Balaban J connectivity index is 2.44. The van der Waals surface area contributed by atoms with E-state index in [1.165, 1.54) is 0 Å². The molecule has 0 saturated heterocycles. The number of aryl methyl sites for hydroxylation is 2. The van der Waals surface area contributed by atoms with Gasteiger partial charge < -0.3 is 9.52 Å². The fourth-order valence-corrected chi connectivity index (χ4v) is 2.34. The molecule has 4 nitrogen and oxygen atoms in total. The fourth-order valence-electron chi connectivity index (χ4n) is 2.34. The van der Waals surface area contributed by atoms with E-state index in [1.54, 1.807) is 6.92 Å². The van der Waals surface area contributed by atoms with Crippen LogP contribution in [0, 0.1) is 25.2 Å². The zero-order valence-corrected chi connectivity index (χ0v) is 12.7. The molecular weight excluding hydrogens is 254 g/mol. The lowest BCUT2D eigenvalue weighted by atomic mass is 9.76. The van der Waals surface area contributed by atoms with Gasteiger partial charge >= 0.3 is 5.97 Å². The molecule has 0 aliphatic heterocycles. The van der Waals surface area contributed by atoms with Crippen LogP contribution in [0.2, 0.25) is 0 Å². The number of fused-ring (bicyclic) bond motifs is 1. The van der Waals surface area contributed by atoms with E-state index in [9.17, 15) is 9.90 Å². The average Bonchev–Trinajstić information content (AvgIpc) is 2.70. The van der Waals surface area contributed by atoms with Crippen molar-refractivity contribution in [3.05, 3.63) is 29.2 Å². The number of aromatic nitrogens is 1. The summed E-state index contributed by atoms with van der Waals surface area (Å²) in [6.07, 6.45) is 0.299. The second-order valence-electron chi connectivity index (χ2n) is 6.09. The number of carboxylic acid groups (broad SMARTS) is 1. The van der Waals surface area contributed by atoms with Gasteiger partial charge in [-0.05, 0) is 43.9 Å². The highest BCUT2D eigenvalue weighted by atomic mass is 16.4. The number of hydrogen-bond acceptors (Lipinski definition) is 3. The van der Waals surface area contributed by atoms with Crippen molar-refractivity contribution in [3.63, 3.8) is 0 Å². The van der Waals surface area contributed by atoms with Gasteiger partial charge in [0.25, 0.3) is 0 Å². The van der Waals surface area contributed by atoms with Crippen LogP contribution in [0.25, 0.3) is 11.1 Å². The van der Waals surface area contributed by atoms with Gasteiger partial charge in [-0.25, -0.2) is 4.98 Å². The van der Waals surface area contributed by atoms with Gasteiger partial charge in [-0.15, -0.1) is 0 Å². The molecule has 108 valence electrons. The second kappa shape index (κ2) is 4.93. The molecule has 2 rings (SSSR count). The van der Waals surface area contributed by atoms with Crippen LogP contribution in [0.15, 0.2) is 16.5 Å². The van der Waals surface area contributed by atoms with Gasteiger partial charge in [0.2, 0.25) is 0 Å². The van der Waals surface area contributed by atoms with Crippen LogP contribution < -0.4 is 0 Å². The molecule has 0 saturated carbocycles. The Bertz CT molecular complexity index is 657. The number of rotatable bonds is 4. The first kappa shape index (κ1) is 14.6. The minimum atomic E-state index is -0.871. The summed E-state index contributed by atoms with van der Waals surface area (Å²) in [5, 5.41) is 9.47. The molecule has 1 atom stereocenters. The quantitative estimate of drug-likeness (QED) is 0.923. The Kier molecular flexibility index (Phi) is 3.59. The lowest BCUT2D eigenvalue weighted by molar-refractivity contribution is -0.150. The van der Waals surface area contributed by atoms with Crippen molar-refractivity contribution in [1.82, 2.24) is 4.98 Å². The van der Waals surface area contributed by atoms with Crippen LogP contribution in [0.1, 0.15) is 37.8 Å². The normalized spacial score (nSPS) is 14.7. The highest BCUT2D eigenvalue weighted by Gasteiger charge is 2.38. The summed E-state index contributed by atoms with van der Waals surface area (Å²) in [6, 6.07) is 4.00. The van der Waals surface area contributed by atoms with Crippen LogP contribution in [0.5, 0.6) is 0 Å². The molecule has 1 aromatic heterocycles. The molecule has 2 aromatic rings. The van der Waals surface area contributed by atoms with Crippen molar-refractivity contribution >= 4 is 17.1 Å². The first-order valence-corrected chi connectivity index (χ1v) is 6.84. The average molecular weight is 275 g/mol. The number of nitrogens with zero attached hydrogens (tertiary/aromatic N) is 1. The SMILES string of the molecule is Cc1cc(C)c2oc(CC(C)(C(=O)O)C(C)C)nc2c1. The van der Waals surface area contributed by atoms with E-state index in [0.29, 0.717) is 12.3 Å². The largest absolute Gasteiger partial charge is 0.481 e. The third-order valence-electron chi connectivity index (χ3n) is 4.15. The maximum absolute atomic E-state index is 11.5. The summed E-state index contributed by atoms with van der Waals surface area (Å²) in [5.74, 6) is -0.326. The molecule has 0 aliphatic carbocycles. The topological polar surface area (TPSA) is 63.3 Å². The highest BCUT2D eigenvalue weighted by Crippen LogP contribution is 2.33. The molecule has 0 bridgehead atoms. The summed E-state index contributed by atoms with van der Waals surface area (Å²) in [4.78, 5) is 16.0. The molecule has 1 N–H and O–H groups in total. The van der Waals surface area contributed by atoms with Crippen LogP contribution in [-0.2, 0) is 11.2 Å². The lowest BCUT2D eigenvalue weighted by Gasteiger charge is -2.27. The monoisotopic (exact) mass is 275 g/mol. The Morgan fingerprint density at radius 1 is 1.40 bits per heavy atom. The smallest absolute Gasteiger partial charge is 0.310 e. The summed E-state index contributed by atoms with van der Waals surface area (Å²) >= 11 is 0. The second-order valence-corrected chi connectivity index (χ2v) is 6.09. The molecule has 20 heavy (non-hydrogen) atoms. The Morgan fingerprint density at radius 3 is 2.60 bits per heavy atom. The van der Waals surface area contributed by atoms with Crippen molar-refractivity contribution in [1.29, 1.82) is 0 Å². The predicted molar refractivity (Wildman–Crippen MR) is 77.8 cm³/mol. The molecule has 0 radical (unpaired) electrons. The Labute approximate surface area is 118 Å². The fraction of sp³-hybridized carbons (Fsp3) is 0.500. The molecule has 4 heteroatoms. The van der Waals surface area contributed by atoms with Gasteiger partial charge in [-0.2, -0.15) is 0 Å². The molecular formula is C16H21NO3. The van der Waals surface area contributed by atoms with E-state index in [0.717, 1.165) is 22.2 Å². The summed E-state index contributed by atoms with van der Waals surface area (Å²) in [6.45, 7) is 9.55. The zero-order valence-electron chi connectivity index (χ0n) is 12.7.